The number of hydrogen-bond donors (Lipinski definition) is 1. The SMILES string of the molecule is CCn1nnnc1COc1ccc(-c2ccc3nc(-c4cccnc4)nc(NC)c3c2)cc1. The van der Waals surface area contributed by atoms with Crippen molar-refractivity contribution in [2.24, 2.45) is 0 Å². The van der Waals surface area contributed by atoms with Crippen molar-refractivity contribution < 1.29 is 4.74 Å². The molecule has 0 fully saturated rings. The Morgan fingerprint density at radius 1 is 0.970 bits per heavy atom. The Bertz CT molecular complexity index is 1380. The van der Waals surface area contributed by atoms with Crippen molar-refractivity contribution in [2.75, 3.05) is 12.4 Å². The molecule has 0 unspecified atom stereocenters. The summed E-state index contributed by atoms with van der Waals surface area (Å²) in [5.74, 6) is 2.87. The summed E-state index contributed by atoms with van der Waals surface area (Å²) in [6.07, 6.45) is 3.50. The number of hydrogen-bond acceptors (Lipinski definition) is 8. The van der Waals surface area contributed by atoms with Crippen molar-refractivity contribution in [2.45, 2.75) is 20.1 Å². The van der Waals surface area contributed by atoms with Gasteiger partial charge in [0, 0.05) is 36.9 Å². The standard InChI is InChI=1S/C24H22N8O/c1-3-32-22(29-30-31-32)15-33-19-9-6-16(7-10-19)17-8-11-21-20(13-17)24(25-2)28-23(27-21)18-5-4-12-26-14-18/h4-14H,3,15H2,1-2H3,(H,25,27,28). The Morgan fingerprint density at radius 3 is 2.58 bits per heavy atom. The van der Waals surface area contributed by atoms with Gasteiger partial charge in [-0.15, -0.1) is 5.10 Å². The van der Waals surface area contributed by atoms with Gasteiger partial charge in [0.1, 0.15) is 18.2 Å². The smallest absolute Gasteiger partial charge is 0.189 e. The molecule has 0 amide bonds. The summed E-state index contributed by atoms with van der Waals surface area (Å²) >= 11 is 0. The van der Waals surface area contributed by atoms with E-state index in [1.54, 1.807) is 17.1 Å². The van der Waals surface area contributed by atoms with Gasteiger partial charge in [-0.3, -0.25) is 4.98 Å². The van der Waals surface area contributed by atoms with Crippen LogP contribution in [0, 0.1) is 0 Å². The average Bonchev–Trinajstić information content (AvgIpc) is 3.35. The molecule has 0 saturated carbocycles. The second-order valence-electron chi connectivity index (χ2n) is 7.34. The Hall–Kier alpha value is -4.40. The number of nitrogens with zero attached hydrogens (tertiary/aromatic N) is 7. The molecule has 2 aromatic carbocycles. The van der Waals surface area contributed by atoms with Gasteiger partial charge in [0.25, 0.3) is 0 Å². The fraction of sp³-hybridized carbons (Fsp3) is 0.167. The first-order valence-electron chi connectivity index (χ1n) is 10.6. The Kier molecular flexibility index (Phi) is 5.59. The van der Waals surface area contributed by atoms with E-state index < -0.39 is 0 Å². The van der Waals surface area contributed by atoms with E-state index in [9.17, 15) is 0 Å². The summed E-state index contributed by atoms with van der Waals surface area (Å²) in [4.78, 5) is 13.6. The van der Waals surface area contributed by atoms with Crippen LogP contribution in [0.25, 0.3) is 33.4 Å². The number of rotatable bonds is 7. The summed E-state index contributed by atoms with van der Waals surface area (Å²) in [6.45, 7) is 3.01. The molecular weight excluding hydrogens is 416 g/mol. The summed E-state index contributed by atoms with van der Waals surface area (Å²) in [7, 11) is 1.86. The van der Waals surface area contributed by atoms with Crippen molar-refractivity contribution in [1.82, 2.24) is 35.2 Å². The molecule has 0 radical (unpaired) electrons. The lowest BCUT2D eigenvalue weighted by molar-refractivity contribution is 0.287. The molecule has 0 saturated heterocycles. The van der Waals surface area contributed by atoms with E-state index in [4.69, 9.17) is 14.7 Å². The van der Waals surface area contributed by atoms with Crippen LogP contribution in [0.4, 0.5) is 5.82 Å². The van der Waals surface area contributed by atoms with Crippen molar-refractivity contribution in [3.8, 4) is 28.3 Å². The summed E-state index contributed by atoms with van der Waals surface area (Å²) in [5, 5.41) is 15.7. The maximum Gasteiger partial charge on any atom is 0.189 e. The third-order valence-corrected chi connectivity index (χ3v) is 5.31. The number of aromatic nitrogens is 7. The lowest BCUT2D eigenvalue weighted by Crippen LogP contribution is -2.07. The third-order valence-electron chi connectivity index (χ3n) is 5.31. The van der Waals surface area contributed by atoms with Crippen LogP contribution in [-0.2, 0) is 13.2 Å². The molecule has 5 aromatic rings. The molecule has 9 nitrogen and oxygen atoms in total. The van der Waals surface area contributed by atoms with Gasteiger partial charge in [-0.05, 0) is 64.9 Å². The lowest BCUT2D eigenvalue weighted by atomic mass is 10.0. The monoisotopic (exact) mass is 438 g/mol. The predicted octanol–water partition coefficient (Wildman–Crippen LogP) is 3.99. The van der Waals surface area contributed by atoms with Crippen LogP contribution in [0.2, 0.25) is 0 Å². The van der Waals surface area contributed by atoms with Crippen LogP contribution in [0.5, 0.6) is 5.75 Å². The molecule has 0 bridgehead atoms. The van der Waals surface area contributed by atoms with Crippen molar-refractivity contribution in [3.63, 3.8) is 0 Å². The number of pyridine rings is 1. The molecule has 33 heavy (non-hydrogen) atoms. The molecule has 1 N–H and O–H groups in total. The van der Waals surface area contributed by atoms with E-state index in [1.807, 2.05) is 56.4 Å². The molecule has 0 spiro atoms. The van der Waals surface area contributed by atoms with Gasteiger partial charge < -0.3 is 10.1 Å². The molecule has 0 aliphatic rings. The average molecular weight is 438 g/mol. The first kappa shape index (κ1) is 20.5. The minimum atomic E-state index is 0.318. The highest BCUT2D eigenvalue weighted by molar-refractivity contribution is 5.93. The quantitative estimate of drug-likeness (QED) is 0.407. The van der Waals surface area contributed by atoms with E-state index in [1.165, 1.54) is 0 Å². The third kappa shape index (κ3) is 4.20. The highest BCUT2D eigenvalue weighted by Crippen LogP contribution is 2.30. The maximum atomic E-state index is 5.85. The fourth-order valence-corrected chi connectivity index (χ4v) is 3.59. The van der Waals surface area contributed by atoms with Gasteiger partial charge in [-0.2, -0.15) is 0 Å². The summed E-state index contributed by atoms with van der Waals surface area (Å²) < 4.78 is 7.56. The van der Waals surface area contributed by atoms with Gasteiger partial charge in [0.05, 0.1) is 5.52 Å². The molecule has 0 atom stereocenters. The summed E-state index contributed by atoms with van der Waals surface area (Å²) in [5.41, 5.74) is 3.88. The highest BCUT2D eigenvalue weighted by Gasteiger charge is 2.11. The molecule has 164 valence electrons. The van der Waals surface area contributed by atoms with E-state index in [0.29, 0.717) is 24.8 Å². The number of benzene rings is 2. The van der Waals surface area contributed by atoms with Crippen molar-refractivity contribution >= 4 is 16.7 Å². The topological polar surface area (TPSA) is 104 Å². The normalized spacial score (nSPS) is 11.0. The molecule has 0 aliphatic carbocycles. The molecule has 9 heteroatoms. The van der Waals surface area contributed by atoms with Crippen LogP contribution in [0.3, 0.4) is 0 Å². The zero-order valence-corrected chi connectivity index (χ0v) is 18.3. The minimum absolute atomic E-state index is 0.318. The van der Waals surface area contributed by atoms with Gasteiger partial charge >= 0.3 is 0 Å². The zero-order valence-electron chi connectivity index (χ0n) is 18.3. The van der Waals surface area contributed by atoms with E-state index in [0.717, 1.165) is 39.2 Å². The Labute approximate surface area is 190 Å². The number of fused-ring (bicyclic) bond motifs is 1. The first-order chi connectivity index (χ1) is 16.2. The van der Waals surface area contributed by atoms with Crippen LogP contribution < -0.4 is 10.1 Å². The number of aryl methyl sites for hydroxylation is 1. The van der Waals surface area contributed by atoms with E-state index in [2.05, 4.69) is 38.0 Å². The van der Waals surface area contributed by atoms with Crippen LogP contribution in [0.15, 0.2) is 67.0 Å². The predicted molar refractivity (Wildman–Crippen MR) is 126 cm³/mol. The number of tetrazole rings is 1. The maximum absolute atomic E-state index is 5.85. The van der Waals surface area contributed by atoms with Gasteiger partial charge in [-0.25, -0.2) is 14.6 Å². The highest BCUT2D eigenvalue weighted by atomic mass is 16.5. The van der Waals surface area contributed by atoms with Crippen molar-refractivity contribution in [1.29, 1.82) is 0 Å². The van der Waals surface area contributed by atoms with Crippen molar-refractivity contribution in [3.05, 3.63) is 72.8 Å². The zero-order chi connectivity index (χ0) is 22.6. The lowest BCUT2D eigenvalue weighted by Gasteiger charge is -2.11. The van der Waals surface area contributed by atoms with Gasteiger partial charge in [-0.1, -0.05) is 18.2 Å². The minimum Gasteiger partial charge on any atom is -0.486 e. The van der Waals surface area contributed by atoms with Gasteiger partial charge in [0.2, 0.25) is 0 Å². The molecule has 3 aromatic heterocycles. The van der Waals surface area contributed by atoms with Crippen LogP contribution in [-0.4, -0.2) is 42.2 Å². The summed E-state index contributed by atoms with van der Waals surface area (Å²) in [6, 6.07) is 18.0. The molecule has 3 heterocycles. The van der Waals surface area contributed by atoms with Crippen LogP contribution >= 0.6 is 0 Å². The Balaban J connectivity index is 1.40. The second-order valence-corrected chi connectivity index (χ2v) is 7.34. The molecule has 5 rings (SSSR count). The van der Waals surface area contributed by atoms with Gasteiger partial charge in [0.15, 0.2) is 11.6 Å². The first-order valence-corrected chi connectivity index (χ1v) is 10.6. The second kappa shape index (κ2) is 8.99. The largest absolute Gasteiger partial charge is 0.486 e. The van der Waals surface area contributed by atoms with Crippen LogP contribution in [0.1, 0.15) is 12.7 Å². The molecule has 0 aliphatic heterocycles. The molecular formula is C24H22N8O. The van der Waals surface area contributed by atoms with E-state index >= 15 is 0 Å². The number of nitrogens with one attached hydrogen (secondary N) is 1. The number of anilines is 1. The number of ether oxygens (including phenoxy) is 1. The van der Waals surface area contributed by atoms with E-state index in [-0.39, 0.29) is 0 Å². The Morgan fingerprint density at radius 2 is 1.82 bits per heavy atom. The fourth-order valence-electron chi connectivity index (χ4n) is 3.59.